The summed E-state index contributed by atoms with van der Waals surface area (Å²) in [7, 11) is 0. The molecular formula is C25H19F3N2O2. The molecular weight excluding hydrogens is 417 g/mol. The van der Waals surface area contributed by atoms with Gasteiger partial charge >= 0.3 is 6.18 Å². The van der Waals surface area contributed by atoms with E-state index in [-0.39, 0.29) is 12.5 Å². The Balaban J connectivity index is 1.67. The first-order valence-corrected chi connectivity index (χ1v) is 9.90. The number of benzene rings is 3. The molecule has 4 aromatic rings. The van der Waals surface area contributed by atoms with Crippen LogP contribution >= 0.6 is 0 Å². The van der Waals surface area contributed by atoms with Crippen molar-refractivity contribution in [3.8, 4) is 11.1 Å². The van der Waals surface area contributed by atoms with E-state index in [2.05, 4.69) is 10.3 Å². The van der Waals surface area contributed by atoms with Gasteiger partial charge in [-0.1, -0.05) is 42.5 Å². The van der Waals surface area contributed by atoms with Crippen LogP contribution in [0.3, 0.4) is 0 Å². The number of carbonyl (C=O) groups is 1. The molecule has 1 atom stereocenters. The number of amides is 1. The van der Waals surface area contributed by atoms with Crippen molar-refractivity contribution in [2.75, 3.05) is 6.61 Å². The minimum absolute atomic E-state index is 0.312. The molecule has 1 amide bonds. The molecule has 4 nitrogen and oxygen atoms in total. The summed E-state index contributed by atoms with van der Waals surface area (Å²) in [6.45, 7) is -0.312. The molecule has 1 aromatic heterocycles. The monoisotopic (exact) mass is 436 g/mol. The Hall–Kier alpha value is -3.71. The highest BCUT2D eigenvalue weighted by molar-refractivity contribution is 6.03. The van der Waals surface area contributed by atoms with Gasteiger partial charge in [0.1, 0.15) is 0 Å². The molecule has 2 N–H and O–H groups in total. The van der Waals surface area contributed by atoms with Gasteiger partial charge in [0.25, 0.3) is 5.91 Å². The van der Waals surface area contributed by atoms with E-state index in [1.165, 1.54) is 12.1 Å². The van der Waals surface area contributed by atoms with Gasteiger partial charge in [-0.15, -0.1) is 0 Å². The van der Waals surface area contributed by atoms with Crippen LogP contribution in [0.15, 0.2) is 85.1 Å². The highest BCUT2D eigenvalue weighted by Crippen LogP contribution is 2.33. The maximum absolute atomic E-state index is 12.9. The fraction of sp³-hybridized carbons (Fsp3) is 0.120. The number of aliphatic hydroxyl groups is 1. The number of carbonyl (C=O) groups excluding carboxylic acids is 1. The number of aromatic nitrogens is 1. The molecule has 1 unspecified atom stereocenters. The summed E-state index contributed by atoms with van der Waals surface area (Å²) in [6.07, 6.45) is -2.82. The normalized spacial score (nSPS) is 12.5. The Morgan fingerprint density at radius 1 is 0.969 bits per heavy atom. The van der Waals surface area contributed by atoms with E-state index in [9.17, 15) is 23.1 Å². The number of fused-ring (bicyclic) bond motifs is 1. The van der Waals surface area contributed by atoms with E-state index < -0.39 is 17.8 Å². The van der Waals surface area contributed by atoms with Crippen LogP contribution in [-0.2, 0) is 6.18 Å². The van der Waals surface area contributed by atoms with E-state index in [4.69, 9.17) is 0 Å². The molecule has 7 heteroatoms. The van der Waals surface area contributed by atoms with Gasteiger partial charge in [0.15, 0.2) is 0 Å². The van der Waals surface area contributed by atoms with Crippen LogP contribution < -0.4 is 5.32 Å². The van der Waals surface area contributed by atoms with Crippen LogP contribution in [0.4, 0.5) is 13.2 Å². The average molecular weight is 436 g/mol. The predicted octanol–water partition coefficient (Wildman–Crippen LogP) is 5.38. The number of hydrogen-bond acceptors (Lipinski definition) is 3. The largest absolute Gasteiger partial charge is 0.416 e. The summed E-state index contributed by atoms with van der Waals surface area (Å²) in [6, 6.07) is 20.1. The van der Waals surface area contributed by atoms with Gasteiger partial charge in [-0.05, 0) is 58.3 Å². The van der Waals surface area contributed by atoms with Gasteiger partial charge in [-0.25, -0.2) is 0 Å². The molecule has 0 aliphatic heterocycles. The summed E-state index contributed by atoms with van der Waals surface area (Å²) >= 11 is 0. The Morgan fingerprint density at radius 3 is 2.41 bits per heavy atom. The van der Waals surface area contributed by atoms with Crippen molar-refractivity contribution in [2.45, 2.75) is 12.2 Å². The molecule has 162 valence electrons. The van der Waals surface area contributed by atoms with E-state index in [1.807, 2.05) is 12.1 Å². The number of hydrogen-bond donors (Lipinski definition) is 2. The maximum Gasteiger partial charge on any atom is 0.416 e. The third kappa shape index (κ3) is 4.48. The number of aliphatic hydroxyl groups excluding tert-OH is 1. The van der Waals surface area contributed by atoms with Crippen LogP contribution in [-0.4, -0.2) is 22.6 Å². The van der Waals surface area contributed by atoms with Crippen LogP contribution in [0.1, 0.15) is 27.7 Å². The topological polar surface area (TPSA) is 62.2 Å². The van der Waals surface area contributed by atoms with Crippen LogP contribution in [0.2, 0.25) is 0 Å². The van der Waals surface area contributed by atoms with Gasteiger partial charge in [0.05, 0.1) is 23.9 Å². The Bertz CT molecular complexity index is 1240. The lowest BCUT2D eigenvalue weighted by molar-refractivity contribution is -0.137. The zero-order valence-corrected chi connectivity index (χ0v) is 16.8. The molecule has 32 heavy (non-hydrogen) atoms. The van der Waals surface area contributed by atoms with Crippen molar-refractivity contribution in [1.29, 1.82) is 0 Å². The van der Waals surface area contributed by atoms with Gasteiger partial charge in [-0.2, -0.15) is 13.2 Å². The smallest absolute Gasteiger partial charge is 0.394 e. The molecule has 1 heterocycles. The number of pyridine rings is 1. The lowest BCUT2D eigenvalue weighted by Gasteiger charge is -2.16. The van der Waals surface area contributed by atoms with Crippen molar-refractivity contribution in [2.24, 2.45) is 0 Å². The van der Waals surface area contributed by atoms with Gasteiger partial charge in [0.2, 0.25) is 0 Å². The zero-order chi connectivity index (χ0) is 22.7. The Morgan fingerprint density at radius 2 is 1.75 bits per heavy atom. The molecule has 0 aliphatic carbocycles. The fourth-order valence-corrected chi connectivity index (χ4v) is 3.54. The number of halogens is 3. The van der Waals surface area contributed by atoms with E-state index in [0.717, 1.165) is 22.9 Å². The van der Waals surface area contributed by atoms with Crippen molar-refractivity contribution in [1.82, 2.24) is 10.3 Å². The average Bonchev–Trinajstić information content (AvgIpc) is 2.81. The van der Waals surface area contributed by atoms with E-state index in [0.29, 0.717) is 22.4 Å². The Labute approximate surface area is 182 Å². The van der Waals surface area contributed by atoms with Crippen LogP contribution in [0.5, 0.6) is 0 Å². The van der Waals surface area contributed by atoms with Gasteiger partial charge in [0, 0.05) is 11.8 Å². The third-order valence-electron chi connectivity index (χ3n) is 5.20. The SMILES string of the molecule is O=C(NC(CO)c1ccccn1)c1ccc2cccc(-c3ccc(C(F)(F)F)cc3)c2c1. The highest BCUT2D eigenvalue weighted by Gasteiger charge is 2.30. The number of nitrogens with one attached hydrogen (secondary N) is 1. The highest BCUT2D eigenvalue weighted by atomic mass is 19.4. The second-order valence-corrected chi connectivity index (χ2v) is 7.28. The lowest BCUT2D eigenvalue weighted by Crippen LogP contribution is -2.31. The number of alkyl halides is 3. The second-order valence-electron chi connectivity index (χ2n) is 7.28. The first-order chi connectivity index (χ1) is 15.4. The molecule has 0 saturated heterocycles. The zero-order valence-electron chi connectivity index (χ0n) is 16.8. The summed E-state index contributed by atoms with van der Waals surface area (Å²) in [5.41, 5.74) is 1.52. The lowest BCUT2D eigenvalue weighted by atomic mass is 9.96. The van der Waals surface area contributed by atoms with Crippen molar-refractivity contribution >= 4 is 16.7 Å². The number of nitrogens with zero attached hydrogens (tertiary/aromatic N) is 1. The summed E-state index contributed by atoms with van der Waals surface area (Å²) in [4.78, 5) is 17.0. The van der Waals surface area contributed by atoms with Crippen molar-refractivity contribution in [3.63, 3.8) is 0 Å². The predicted molar refractivity (Wildman–Crippen MR) is 116 cm³/mol. The fourth-order valence-electron chi connectivity index (χ4n) is 3.54. The minimum atomic E-state index is -4.40. The van der Waals surface area contributed by atoms with Crippen molar-refractivity contribution in [3.05, 3.63) is 102 Å². The maximum atomic E-state index is 12.9. The molecule has 0 saturated carbocycles. The molecule has 0 bridgehead atoms. The van der Waals surface area contributed by atoms with Crippen LogP contribution in [0.25, 0.3) is 21.9 Å². The second kappa shape index (κ2) is 8.80. The van der Waals surface area contributed by atoms with Gasteiger partial charge < -0.3 is 10.4 Å². The van der Waals surface area contributed by atoms with Crippen molar-refractivity contribution < 1.29 is 23.1 Å². The van der Waals surface area contributed by atoms with E-state index >= 15 is 0 Å². The first-order valence-electron chi connectivity index (χ1n) is 9.90. The summed E-state index contributed by atoms with van der Waals surface area (Å²) in [5, 5.41) is 14.0. The summed E-state index contributed by atoms with van der Waals surface area (Å²) < 4.78 is 38.7. The Kier molecular flexibility index (Phi) is 5.92. The first kappa shape index (κ1) is 21.5. The standard InChI is InChI=1S/C25H19F3N2O2/c26-25(27,28)19-11-9-17(10-12-19)20-5-3-4-16-7-8-18(14-21(16)20)24(32)30-23(15-31)22-6-1-2-13-29-22/h1-14,23,31H,15H2,(H,30,32). The number of rotatable bonds is 5. The summed E-state index contributed by atoms with van der Waals surface area (Å²) in [5.74, 6) is -0.390. The molecule has 4 rings (SSSR count). The quantitative estimate of drug-likeness (QED) is 0.441. The molecule has 3 aromatic carbocycles. The third-order valence-corrected chi connectivity index (χ3v) is 5.20. The minimum Gasteiger partial charge on any atom is -0.394 e. The molecule has 0 radical (unpaired) electrons. The molecule has 0 spiro atoms. The van der Waals surface area contributed by atoms with Gasteiger partial charge in [-0.3, -0.25) is 9.78 Å². The molecule has 0 aliphatic rings. The van der Waals surface area contributed by atoms with E-state index in [1.54, 1.807) is 48.7 Å². The molecule has 0 fully saturated rings. The van der Waals surface area contributed by atoms with Crippen LogP contribution in [0, 0.1) is 0 Å².